The van der Waals surface area contributed by atoms with Crippen molar-refractivity contribution in [2.24, 2.45) is 0 Å². The van der Waals surface area contributed by atoms with Gasteiger partial charge in [-0.3, -0.25) is 9.88 Å². The Morgan fingerprint density at radius 3 is 2.84 bits per heavy atom. The molecule has 1 saturated heterocycles. The van der Waals surface area contributed by atoms with E-state index >= 15 is 0 Å². The average Bonchev–Trinajstić information content (AvgIpc) is 3.24. The first-order chi connectivity index (χ1) is 12.3. The topological polar surface area (TPSA) is 58.3 Å². The van der Waals surface area contributed by atoms with Crippen LogP contribution in [0.1, 0.15) is 55.4 Å². The Labute approximate surface area is 149 Å². The Bertz CT molecular complexity index is 695. The van der Waals surface area contributed by atoms with E-state index < -0.39 is 0 Å². The van der Waals surface area contributed by atoms with E-state index in [9.17, 15) is 0 Å². The molecule has 0 bridgehead atoms. The molecule has 3 heterocycles. The van der Waals surface area contributed by atoms with Gasteiger partial charge < -0.3 is 9.42 Å². The molecule has 0 atom stereocenters. The van der Waals surface area contributed by atoms with Crippen LogP contribution < -0.4 is 4.90 Å². The first kappa shape index (κ1) is 16.5. The highest BCUT2D eigenvalue weighted by Gasteiger charge is 2.24. The number of nitrogens with zero attached hydrogens (tertiary/aromatic N) is 5. The van der Waals surface area contributed by atoms with E-state index in [0.717, 1.165) is 56.6 Å². The second-order valence-electron chi connectivity index (χ2n) is 7.30. The lowest BCUT2D eigenvalue weighted by Gasteiger charge is -2.23. The number of hydrogen-bond donors (Lipinski definition) is 0. The summed E-state index contributed by atoms with van der Waals surface area (Å²) in [4.78, 5) is 13.9. The quantitative estimate of drug-likeness (QED) is 0.851. The molecule has 2 fully saturated rings. The summed E-state index contributed by atoms with van der Waals surface area (Å²) in [7, 11) is 0. The fraction of sp³-hybridized carbons (Fsp3) is 0.632. The average molecular weight is 341 g/mol. The Balaban J connectivity index is 1.35. The van der Waals surface area contributed by atoms with E-state index in [1.54, 1.807) is 0 Å². The lowest BCUT2D eigenvalue weighted by Crippen LogP contribution is -2.30. The van der Waals surface area contributed by atoms with Gasteiger partial charge in [0, 0.05) is 49.7 Å². The fourth-order valence-corrected chi connectivity index (χ4v) is 3.98. The molecule has 1 saturated carbocycles. The van der Waals surface area contributed by atoms with Gasteiger partial charge in [-0.25, -0.2) is 0 Å². The highest BCUT2D eigenvalue weighted by Crippen LogP contribution is 2.33. The van der Waals surface area contributed by atoms with Crippen LogP contribution in [0.2, 0.25) is 0 Å². The molecule has 134 valence electrons. The van der Waals surface area contributed by atoms with Crippen molar-refractivity contribution in [1.82, 2.24) is 20.0 Å². The van der Waals surface area contributed by atoms with Gasteiger partial charge in [-0.2, -0.15) is 4.98 Å². The normalized spacial score (nSPS) is 20.1. The molecule has 0 aromatic carbocycles. The number of aromatic nitrogens is 3. The number of hydrogen-bond acceptors (Lipinski definition) is 6. The van der Waals surface area contributed by atoms with E-state index in [2.05, 4.69) is 37.1 Å². The van der Waals surface area contributed by atoms with Crippen molar-refractivity contribution in [3.05, 3.63) is 35.7 Å². The minimum Gasteiger partial charge on any atom is -0.370 e. The number of anilines is 1. The lowest BCUT2D eigenvalue weighted by atomic mass is 10.1. The maximum Gasteiger partial charge on any atom is 0.229 e. The van der Waals surface area contributed by atoms with Crippen LogP contribution in [0.4, 0.5) is 5.69 Å². The Morgan fingerprint density at radius 1 is 1.12 bits per heavy atom. The molecular formula is C19H27N5O. The summed E-state index contributed by atoms with van der Waals surface area (Å²) in [5.74, 6) is 2.20. The van der Waals surface area contributed by atoms with Gasteiger partial charge in [-0.15, -0.1) is 0 Å². The molecule has 2 aromatic heterocycles. The summed E-state index contributed by atoms with van der Waals surface area (Å²) in [6.45, 7) is 7.05. The summed E-state index contributed by atoms with van der Waals surface area (Å²) in [5, 5.41) is 4.22. The highest BCUT2D eigenvalue weighted by atomic mass is 16.5. The first-order valence-corrected chi connectivity index (χ1v) is 9.50. The maximum absolute atomic E-state index is 5.52. The van der Waals surface area contributed by atoms with Gasteiger partial charge in [0.1, 0.15) is 0 Å². The van der Waals surface area contributed by atoms with Crippen molar-refractivity contribution >= 4 is 5.69 Å². The summed E-state index contributed by atoms with van der Waals surface area (Å²) < 4.78 is 5.52. The molecule has 2 aromatic rings. The first-order valence-electron chi connectivity index (χ1n) is 9.50. The Hall–Kier alpha value is -1.95. The number of aryl methyl sites for hydroxylation is 1. The van der Waals surface area contributed by atoms with Crippen molar-refractivity contribution in [2.45, 2.75) is 51.5 Å². The standard InChI is InChI=1S/C19H27N5O/c1-15-13-17(7-8-20-15)24-10-4-9-23(11-12-24)14-18-21-19(25-22-18)16-5-2-3-6-16/h7-8,13,16H,2-6,9-12,14H2,1H3. The van der Waals surface area contributed by atoms with Crippen LogP contribution in [0, 0.1) is 6.92 Å². The van der Waals surface area contributed by atoms with Gasteiger partial charge in [0.2, 0.25) is 5.89 Å². The van der Waals surface area contributed by atoms with Gasteiger partial charge in [-0.05, 0) is 38.3 Å². The minimum absolute atomic E-state index is 0.496. The molecule has 0 unspecified atom stereocenters. The van der Waals surface area contributed by atoms with Crippen molar-refractivity contribution in [1.29, 1.82) is 0 Å². The molecule has 2 aliphatic rings. The van der Waals surface area contributed by atoms with Crippen LogP contribution in [-0.2, 0) is 6.54 Å². The van der Waals surface area contributed by atoms with Crippen molar-refractivity contribution in [2.75, 3.05) is 31.1 Å². The van der Waals surface area contributed by atoms with Gasteiger partial charge in [0.15, 0.2) is 5.82 Å². The van der Waals surface area contributed by atoms with E-state index in [4.69, 9.17) is 4.52 Å². The van der Waals surface area contributed by atoms with Gasteiger partial charge in [0.25, 0.3) is 0 Å². The third kappa shape index (κ3) is 4.00. The maximum atomic E-state index is 5.52. The van der Waals surface area contributed by atoms with Crippen LogP contribution in [0.5, 0.6) is 0 Å². The smallest absolute Gasteiger partial charge is 0.229 e. The van der Waals surface area contributed by atoms with E-state index in [1.165, 1.54) is 31.4 Å². The van der Waals surface area contributed by atoms with E-state index in [-0.39, 0.29) is 0 Å². The highest BCUT2D eigenvalue weighted by molar-refractivity contribution is 5.46. The zero-order valence-corrected chi connectivity index (χ0v) is 15.0. The van der Waals surface area contributed by atoms with Crippen LogP contribution in [-0.4, -0.2) is 46.2 Å². The molecule has 6 nitrogen and oxygen atoms in total. The van der Waals surface area contributed by atoms with Gasteiger partial charge in [-0.1, -0.05) is 18.0 Å². The Morgan fingerprint density at radius 2 is 2.00 bits per heavy atom. The second-order valence-corrected chi connectivity index (χ2v) is 7.30. The van der Waals surface area contributed by atoms with E-state index in [0.29, 0.717) is 5.92 Å². The molecule has 1 aliphatic carbocycles. The minimum atomic E-state index is 0.496. The van der Waals surface area contributed by atoms with Crippen LogP contribution in [0.15, 0.2) is 22.9 Å². The summed E-state index contributed by atoms with van der Waals surface area (Å²) in [6, 6.07) is 4.28. The largest absolute Gasteiger partial charge is 0.370 e. The molecule has 0 radical (unpaired) electrons. The van der Waals surface area contributed by atoms with Crippen LogP contribution in [0.3, 0.4) is 0 Å². The fourth-order valence-electron chi connectivity index (χ4n) is 3.98. The molecular weight excluding hydrogens is 314 g/mol. The monoisotopic (exact) mass is 341 g/mol. The van der Waals surface area contributed by atoms with Gasteiger partial charge >= 0.3 is 0 Å². The number of pyridine rings is 1. The number of rotatable bonds is 4. The lowest BCUT2D eigenvalue weighted by molar-refractivity contribution is 0.271. The molecule has 6 heteroatoms. The summed E-state index contributed by atoms with van der Waals surface area (Å²) in [6.07, 6.45) is 8.03. The summed E-state index contributed by atoms with van der Waals surface area (Å²) >= 11 is 0. The van der Waals surface area contributed by atoms with Crippen LogP contribution in [0.25, 0.3) is 0 Å². The second kappa shape index (κ2) is 7.52. The SMILES string of the molecule is Cc1cc(N2CCCN(Cc3noc(C4CCCC4)n3)CC2)ccn1. The zero-order valence-electron chi connectivity index (χ0n) is 15.0. The summed E-state index contributed by atoms with van der Waals surface area (Å²) in [5.41, 5.74) is 2.35. The molecule has 0 amide bonds. The Kier molecular flexibility index (Phi) is 4.97. The zero-order chi connectivity index (χ0) is 17.1. The molecule has 4 rings (SSSR count). The molecule has 0 spiro atoms. The molecule has 25 heavy (non-hydrogen) atoms. The third-order valence-electron chi connectivity index (χ3n) is 5.39. The third-order valence-corrected chi connectivity index (χ3v) is 5.39. The predicted octanol–water partition coefficient (Wildman–Crippen LogP) is 3.14. The van der Waals surface area contributed by atoms with Crippen molar-refractivity contribution in [3.63, 3.8) is 0 Å². The van der Waals surface area contributed by atoms with E-state index in [1.807, 2.05) is 13.1 Å². The van der Waals surface area contributed by atoms with Crippen molar-refractivity contribution < 1.29 is 4.52 Å². The van der Waals surface area contributed by atoms with Crippen LogP contribution >= 0.6 is 0 Å². The van der Waals surface area contributed by atoms with Gasteiger partial charge in [0.05, 0.1) is 6.54 Å². The predicted molar refractivity (Wildman–Crippen MR) is 96.6 cm³/mol. The molecule has 1 aliphatic heterocycles. The van der Waals surface area contributed by atoms with Crippen molar-refractivity contribution in [3.8, 4) is 0 Å². The molecule has 0 N–H and O–H groups in total.